The van der Waals surface area contributed by atoms with E-state index in [9.17, 15) is 4.55 Å². The summed E-state index contributed by atoms with van der Waals surface area (Å²) < 4.78 is 21.4. The Morgan fingerprint density at radius 3 is 2.11 bits per heavy atom. The Kier molecular flexibility index (Phi) is 5.44. The van der Waals surface area contributed by atoms with E-state index in [-0.39, 0.29) is 10.7 Å². The summed E-state index contributed by atoms with van der Waals surface area (Å²) in [4.78, 5) is 0. The molecule has 0 fully saturated rings. The molecule has 0 saturated carbocycles. The van der Waals surface area contributed by atoms with Crippen LogP contribution in [-0.4, -0.2) is 22.1 Å². The van der Waals surface area contributed by atoms with Gasteiger partial charge in [0.05, 0.1) is 7.11 Å². The van der Waals surface area contributed by atoms with E-state index in [1.165, 1.54) is 0 Å². The molecule has 4 heteroatoms. The van der Waals surface area contributed by atoms with Crippen molar-refractivity contribution in [1.82, 2.24) is 0 Å². The molecular weight excluding hydrogens is 258 g/mol. The molecule has 1 aromatic carbocycles. The number of nitrogens with zero attached hydrogens (tertiary/aromatic N) is 1. The summed E-state index contributed by atoms with van der Waals surface area (Å²) >= 11 is -1.24. The Morgan fingerprint density at radius 2 is 1.74 bits per heavy atom. The van der Waals surface area contributed by atoms with Crippen molar-refractivity contribution in [2.45, 2.75) is 39.4 Å². The van der Waals surface area contributed by atoms with Crippen LogP contribution in [0.4, 0.5) is 0 Å². The molecule has 0 amide bonds. The number of ether oxygens (including phenoxy) is 1. The Balaban J connectivity index is 3.10. The zero-order chi connectivity index (χ0) is 14.6. The van der Waals surface area contributed by atoms with Crippen LogP contribution in [0, 0.1) is 5.92 Å². The maximum absolute atomic E-state index is 12.2. The third-order valence-electron chi connectivity index (χ3n) is 2.64. The first-order chi connectivity index (χ1) is 8.75. The summed E-state index contributed by atoms with van der Waals surface area (Å²) in [5.74, 6) is 1.03. The molecule has 1 atom stereocenters. The summed E-state index contributed by atoms with van der Waals surface area (Å²) in [5, 5.41) is 0. The van der Waals surface area contributed by atoms with Gasteiger partial charge in [0.15, 0.2) is 0 Å². The van der Waals surface area contributed by atoms with Gasteiger partial charge < -0.3 is 9.29 Å². The maximum Gasteiger partial charge on any atom is 0.144 e. The summed E-state index contributed by atoms with van der Waals surface area (Å²) in [6, 6.07) is 7.70. The van der Waals surface area contributed by atoms with Crippen molar-refractivity contribution in [3.05, 3.63) is 29.8 Å². The van der Waals surface area contributed by atoms with E-state index in [4.69, 9.17) is 4.74 Å². The van der Waals surface area contributed by atoms with Gasteiger partial charge in [0, 0.05) is 11.5 Å². The molecule has 19 heavy (non-hydrogen) atoms. The minimum atomic E-state index is -1.24. The quantitative estimate of drug-likeness (QED) is 0.625. The normalized spacial score (nSPS) is 14.6. The molecule has 0 spiro atoms. The highest BCUT2D eigenvalue weighted by molar-refractivity contribution is 7.91. The fourth-order valence-electron chi connectivity index (χ4n) is 1.48. The van der Waals surface area contributed by atoms with E-state index < -0.39 is 11.4 Å². The zero-order valence-electron chi connectivity index (χ0n) is 12.6. The van der Waals surface area contributed by atoms with Crippen LogP contribution < -0.4 is 4.74 Å². The molecule has 0 aromatic heterocycles. The molecule has 0 bridgehead atoms. The first kappa shape index (κ1) is 16.1. The topological polar surface area (TPSA) is 44.6 Å². The van der Waals surface area contributed by atoms with Gasteiger partial charge in [-0.15, -0.1) is 0 Å². The lowest BCUT2D eigenvalue weighted by Crippen LogP contribution is -2.28. The van der Waals surface area contributed by atoms with Gasteiger partial charge in [-0.05, 0) is 45.0 Å². The van der Waals surface area contributed by atoms with Gasteiger partial charge in [-0.3, -0.25) is 0 Å². The van der Waals surface area contributed by atoms with Crippen LogP contribution >= 0.6 is 0 Å². The Bertz CT molecular complexity index is 432. The van der Waals surface area contributed by atoms with Crippen molar-refractivity contribution in [2.24, 2.45) is 10.3 Å². The Labute approximate surface area is 119 Å². The first-order valence-corrected chi connectivity index (χ1v) is 7.51. The molecule has 0 aliphatic rings. The average molecular weight is 281 g/mol. The van der Waals surface area contributed by atoms with E-state index >= 15 is 0 Å². The molecule has 1 unspecified atom stereocenters. The summed E-state index contributed by atoms with van der Waals surface area (Å²) in [6.45, 7) is 9.90. The second-order valence-corrected chi connectivity index (χ2v) is 7.63. The average Bonchev–Trinajstić information content (AvgIpc) is 2.34. The van der Waals surface area contributed by atoms with Crippen molar-refractivity contribution in [2.75, 3.05) is 7.11 Å². The summed E-state index contributed by atoms with van der Waals surface area (Å²) in [5.41, 5.74) is 1.87. The van der Waals surface area contributed by atoms with Crippen molar-refractivity contribution < 1.29 is 9.29 Å². The van der Waals surface area contributed by atoms with Crippen LogP contribution in [0.2, 0.25) is 0 Å². The molecule has 0 N–H and O–H groups in total. The van der Waals surface area contributed by atoms with Gasteiger partial charge in [-0.1, -0.05) is 18.2 Å². The smallest absolute Gasteiger partial charge is 0.144 e. The minimum absolute atomic E-state index is 0.222. The molecule has 0 radical (unpaired) electrons. The molecule has 0 aliphatic carbocycles. The van der Waals surface area contributed by atoms with Gasteiger partial charge >= 0.3 is 0 Å². The van der Waals surface area contributed by atoms with Gasteiger partial charge in [0.25, 0.3) is 0 Å². The SMILES string of the molecule is COc1ccc(/C(=N\[S+]([O-])C(C)(C)C)C(C)C)cc1. The van der Waals surface area contributed by atoms with Crippen LogP contribution in [0.15, 0.2) is 28.7 Å². The van der Waals surface area contributed by atoms with Crippen molar-refractivity contribution in [1.29, 1.82) is 0 Å². The number of rotatable bonds is 4. The van der Waals surface area contributed by atoms with Gasteiger partial charge in [0.2, 0.25) is 0 Å². The zero-order valence-corrected chi connectivity index (χ0v) is 13.4. The predicted molar refractivity (Wildman–Crippen MR) is 82.3 cm³/mol. The van der Waals surface area contributed by atoms with Crippen molar-refractivity contribution in [3.63, 3.8) is 0 Å². The lowest BCUT2D eigenvalue weighted by Gasteiger charge is -2.20. The number of hydrogen-bond acceptors (Lipinski definition) is 3. The number of methoxy groups -OCH3 is 1. The second-order valence-electron chi connectivity index (χ2n) is 5.72. The molecule has 3 nitrogen and oxygen atoms in total. The van der Waals surface area contributed by atoms with Crippen LogP contribution in [0.5, 0.6) is 5.75 Å². The number of hydrogen-bond donors (Lipinski definition) is 0. The van der Waals surface area contributed by atoms with Crippen LogP contribution in [-0.2, 0) is 11.4 Å². The summed E-state index contributed by atoms with van der Waals surface area (Å²) in [6.07, 6.45) is 0. The third kappa shape index (κ3) is 4.55. The van der Waals surface area contributed by atoms with Gasteiger partial charge in [-0.25, -0.2) is 0 Å². The predicted octanol–water partition coefficient (Wildman–Crippen LogP) is 3.60. The van der Waals surface area contributed by atoms with Crippen LogP contribution in [0.25, 0.3) is 0 Å². The largest absolute Gasteiger partial charge is 0.591 e. The fourth-order valence-corrected chi connectivity index (χ4v) is 2.25. The molecule has 106 valence electrons. The highest BCUT2D eigenvalue weighted by Crippen LogP contribution is 2.21. The van der Waals surface area contributed by atoms with Crippen LogP contribution in [0.1, 0.15) is 40.2 Å². The molecular formula is C15H23NO2S. The lowest BCUT2D eigenvalue weighted by molar-refractivity contribution is 0.415. The monoisotopic (exact) mass is 281 g/mol. The van der Waals surface area contributed by atoms with E-state index in [1.807, 2.05) is 45.0 Å². The lowest BCUT2D eigenvalue weighted by atomic mass is 10.0. The fraction of sp³-hybridized carbons (Fsp3) is 0.533. The molecule has 0 aliphatic heterocycles. The van der Waals surface area contributed by atoms with Crippen molar-refractivity contribution >= 4 is 17.1 Å². The van der Waals surface area contributed by atoms with Crippen molar-refractivity contribution in [3.8, 4) is 5.75 Å². The van der Waals surface area contributed by atoms with E-state index in [0.29, 0.717) is 0 Å². The molecule has 0 saturated heterocycles. The number of benzene rings is 1. The maximum atomic E-state index is 12.2. The van der Waals surface area contributed by atoms with E-state index in [0.717, 1.165) is 17.0 Å². The second kappa shape index (κ2) is 6.44. The Hall–Kier alpha value is -1.00. The minimum Gasteiger partial charge on any atom is -0.591 e. The first-order valence-electron chi connectivity index (χ1n) is 6.40. The summed E-state index contributed by atoms with van der Waals surface area (Å²) in [7, 11) is 1.64. The highest BCUT2D eigenvalue weighted by atomic mass is 32.2. The van der Waals surface area contributed by atoms with E-state index in [1.54, 1.807) is 7.11 Å². The van der Waals surface area contributed by atoms with E-state index in [2.05, 4.69) is 18.2 Å². The van der Waals surface area contributed by atoms with Gasteiger partial charge in [-0.2, -0.15) is 0 Å². The van der Waals surface area contributed by atoms with Gasteiger partial charge in [0.1, 0.15) is 27.6 Å². The highest BCUT2D eigenvalue weighted by Gasteiger charge is 2.28. The standard InChI is InChI=1S/C15H23NO2S/c1-11(2)14(16-19(17)15(3,4)5)12-7-9-13(18-6)10-8-12/h7-11H,1-6H3/b16-14-. The molecule has 0 heterocycles. The third-order valence-corrected chi connectivity index (χ3v) is 4.05. The van der Waals surface area contributed by atoms with Crippen LogP contribution in [0.3, 0.4) is 0 Å². The Morgan fingerprint density at radius 1 is 1.21 bits per heavy atom. The molecule has 1 aromatic rings. The molecule has 1 rings (SSSR count).